The van der Waals surface area contributed by atoms with Crippen molar-refractivity contribution in [1.29, 1.82) is 0 Å². The second kappa shape index (κ2) is 7.92. The molecule has 1 aromatic carbocycles. The number of aromatic amines is 1. The maximum absolute atomic E-state index is 12.3. The summed E-state index contributed by atoms with van der Waals surface area (Å²) in [4.78, 5) is 35.5. The minimum Gasteiger partial charge on any atom is -0.486 e. The molecule has 0 unspecified atom stereocenters. The number of hydrogen-bond acceptors (Lipinski definition) is 6. The molecule has 26 heavy (non-hydrogen) atoms. The third-order valence-electron chi connectivity index (χ3n) is 3.64. The second-order valence-corrected chi connectivity index (χ2v) is 6.72. The molecule has 2 aromatic heterocycles. The zero-order valence-corrected chi connectivity index (χ0v) is 15.2. The van der Waals surface area contributed by atoms with Crippen LogP contribution >= 0.6 is 11.3 Å². The number of rotatable bonds is 6. The highest BCUT2D eigenvalue weighted by atomic mass is 32.1. The number of aryl methyl sites for hydroxylation is 1. The van der Waals surface area contributed by atoms with Crippen LogP contribution in [0.2, 0.25) is 0 Å². The Balaban J connectivity index is 1.65. The van der Waals surface area contributed by atoms with Crippen molar-refractivity contribution in [3.63, 3.8) is 0 Å². The second-order valence-electron chi connectivity index (χ2n) is 5.66. The topological polar surface area (TPSA) is 97.0 Å². The largest absolute Gasteiger partial charge is 0.486 e. The molecule has 1 atom stereocenters. The van der Waals surface area contributed by atoms with Crippen LogP contribution in [0.4, 0.5) is 0 Å². The average Bonchev–Trinajstić information content (AvgIpc) is 3.07. The van der Waals surface area contributed by atoms with Gasteiger partial charge in [0.15, 0.2) is 0 Å². The summed E-state index contributed by atoms with van der Waals surface area (Å²) in [6, 6.07) is 8.90. The van der Waals surface area contributed by atoms with Gasteiger partial charge in [-0.1, -0.05) is 18.2 Å². The van der Waals surface area contributed by atoms with Gasteiger partial charge in [-0.05, 0) is 26.0 Å². The Kier molecular flexibility index (Phi) is 5.43. The number of ether oxygens (including phenoxy) is 1. The van der Waals surface area contributed by atoms with Crippen molar-refractivity contribution in [2.45, 2.75) is 26.5 Å². The van der Waals surface area contributed by atoms with E-state index in [-0.39, 0.29) is 18.2 Å². The third-order valence-corrected chi connectivity index (χ3v) is 4.44. The SMILES string of the molecule is Cc1nc([C@H](C)NC(=O)c2cnc(COc3ccccc3)[nH]c2=O)cs1. The van der Waals surface area contributed by atoms with Gasteiger partial charge < -0.3 is 15.0 Å². The maximum atomic E-state index is 12.3. The summed E-state index contributed by atoms with van der Waals surface area (Å²) >= 11 is 1.51. The van der Waals surface area contributed by atoms with Gasteiger partial charge in [0.05, 0.1) is 16.7 Å². The first-order valence-corrected chi connectivity index (χ1v) is 8.90. The highest BCUT2D eigenvalue weighted by Gasteiger charge is 2.17. The minimum absolute atomic E-state index is 0.0488. The molecule has 0 spiro atoms. The number of nitrogens with one attached hydrogen (secondary N) is 2. The summed E-state index contributed by atoms with van der Waals surface area (Å²) in [5.74, 6) is 0.523. The van der Waals surface area contributed by atoms with E-state index >= 15 is 0 Å². The zero-order valence-electron chi connectivity index (χ0n) is 14.4. The zero-order chi connectivity index (χ0) is 18.5. The molecule has 0 aliphatic rings. The molecule has 0 bridgehead atoms. The minimum atomic E-state index is -0.508. The molecular weight excluding hydrogens is 352 g/mol. The first kappa shape index (κ1) is 17.8. The van der Waals surface area contributed by atoms with Crippen molar-refractivity contribution < 1.29 is 9.53 Å². The fourth-order valence-corrected chi connectivity index (χ4v) is 2.97. The number of H-pyrrole nitrogens is 1. The Morgan fingerprint density at radius 1 is 1.35 bits per heavy atom. The molecular formula is C18H18N4O3S. The van der Waals surface area contributed by atoms with E-state index in [1.165, 1.54) is 17.5 Å². The van der Waals surface area contributed by atoms with Crippen LogP contribution in [-0.4, -0.2) is 20.9 Å². The molecule has 134 valence electrons. The number of amides is 1. The lowest BCUT2D eigenvalue weighted by atomic mass is 10.2. The lowest BCUT2D eigenvalue weighted by molar-refractivity contribution is 0.0937. The predicted octanol–water partition coefficient (Wildman–Crippen LogP) is 2.60. The molecule has 3 aromatic rings. The molecule has 3 rings (SSSR count). The van der Waals surface area contributed by atoms with E-state index in [0.717, 1.165) is 10.7 Å². The Bertz CT molecular complexity index is 952. The molecule has 0 aliphatic carbocycles. The number of nitrogens with zero attached hydrogens (tertiary/aromatic N) is 2. The molecule has 7 nitrogen and oxygen atoms in total. The molecule has 2 heterocycles. The standard InChI is InChI=1S/C18H18N4O3S/c1-11(15-10-26-12(2)21-15)20-17(23)14-8-19-16(22-18(14)24)9-25-13-6-4-3-5-7-13/h3-8,10-11H,9H2,1-2H3,(H,20,23)(H,19,22,24)/t11-/m0/s1. The van der Waals surface area contributed by atoms with Crippen LogP contribution in [0.25, 0.3) is 0 Å². The van der Waals surface area contributed by atoms with Crippen molar-refractivity contribution >= 4 is 17.2 Å². The summed E-state index contributed by atoms with van der Waals surface area (Å²) in [5.41, 5.74) is 0.205. The summed E-state index contributed by atoms with van der Waals surface area (Å²) in [7, 11) is 0. The lowest BCUT2D eigenvalue weighted by Crippen LogP contribution is -2.32. The van der Waals surface area contributed by atoms with Crippen LogP contribution in [0.15, 0.2) is 46.7 Å². The van der Waals surface area contributed by atoms with Crippen LogP contribution in [0.1, 0.15) is 39.8 Å². The van der Waals surface area contributed by atoms with Gasteiger partial charge >= 0.3 is 0 Å². The van der Waals surface area contributed by atoms with Crippen LogP contribution in [0.3, 0.4) is 0 Å². The van der Waals surface area contributed by atoms with Gasteiger partial charge in [-0.15, -0.1) is 11.3 Å². The summed E-state index contributed by atoms with van der Waals surface area (Å²) in [6.45, 7) is 3.82. The third kappa shape index (κ3) is 4.34. The monoisotopic (exact) mass is 370 g/mol. The van der Waals surface area contributed by atoms with Gasteiger partial charge in [0, 0.05) is 11.6 Å². The van der Waals surface area contributed by atoms with E-state index in [4.69, 9.17) is 4.74 Å². The first-order chi connectivity index (χ1) is 12.5. The molecule has 0 radical (unpaired) electrons. The highest BCUT2D eigenvalue weighted by molar-refractivity contribution is 7.09. The number of benzene rings is 1. The quantitative estimate of drug-likeness (QED) is 0.695. The Morgan fingerprint density at radius 2 is 2.12 bits per heavy atom. The fourth-order valence-electron chi connectivity index (χ4n) is 2.26. The van der Waals surface area contributed by atoms with Gasteiger partial charge in [0.25, 0.3) is 11.5 Å². The van der Waals surface area contributed by atoms with E-state index in [2.05, 4.69) is 20.3 Å². The fraction of sp³-hybridized carbons (Fsp3) is 0.222. The molecule has 0 saturated carbocycles. The van der Waals surface area contributed by atoms with Gasteiger partial charge in [0.1, 0.15) is 23.7 Å². The van der Waals surface area contributed by atoms with Crippen molar-refractivity contribution in [3.05, 3.63) is 74.4 Å². The number of aromatic nitrogens is 3. The molecule has 1 amide bonds. The Morgan fingerprint density at radius 3 is 2.77 bits per heavy atom. The van der Waals surface area contributed by atoms with E-state index in [1.54, 1.807) is 0 Å². The van der Waals surface area contributed by atoms with Crippen molar-refractivity contribution in [2.24, 2.45) is 0 Å². The molecule has 8 heteroatoms. The smallest absolute Gasteiger partial charge is 0.263 e. The van der Waals surface area contributed by atoms with E-state index < -0.39 is 11.5 Å². The first-order valence-electron chi connectivity index (χ1n) is 8.02. The summed E-state index contributed by atoms with van der Waals surface area (Å²) in [6.07, 6.45) is 1.26. The average molecular weight is 370 g/mol. The van der Waals surface area contributed by atoms with Crippen molar-refractivity contribution in [1.82, 2.24) is 20.3 Å². The Hall–Kier alpha value is -3.00. The number of hydrogen-bond donors (Lipinski definition) is 2. The molecule has 0 saturated heterocycles. The molecule has 0 fully saturated rings. The van der Waals surface area contributed by atoms with E-state index in [0.29, 0.717) is 11.6 Å². The van der Waals surface area contributed by atoms with Gasteiger partial charge in [-0.25, -0.2) is 9.97 Å². The van der Waals surface area contributed by atoms with Crippen LogP contribution in [0, 0.1) is 6.92 Å². The van der Waals surface area contributed by atoms with Gasteiger partial charge in [-0.3, -0.25) is 9.59 Å². The van der Waals surface area contributed by atoms with Crippen molar-refractivity contribution in [3.8, 4) is 5.75 Å². The van der Waals surface area contributed by atoms with Crippen LogP contribution < -0.4 is 15.6 Å². The molecule has 0 aliphatic heterocycles. The van der Waals surface area contributed by atoms with Crippen LogP contribution in [0.5, 0.6) is 5.75 Å². The summed E-state index contributed by atoms with van der Waals surface area (Å²) < 4.78 is 5.53. The number of carbonyl (C=O) groups is 1. The lowest BCUT2D eigenvalue weighted by Gasteiger charge is -2.11. The van der Waals surface area contributed by atoms with Crippen LogP contribution in [-0.2, 0) is 6.61 Å². The molecule has 2 N–H and O–H groups in total. The number of carbonyl (C=O) groups excluding carboxylic acids is 1. The number of para-hydroxylation sites is 1. The number of thiazole rings is 1. The van der Waals surface area contributed by atoms with E-state index in [9.17, 15) is 9.59 Å². The van der Waals surface area contributed by atoms with E-state index in [1.807, 2.05) is 49.6 Å². The predicted molar refractivity (Wildman–Crippen MR) is 98.4 cm³/mol. The normalized spacial score (nSPS) is 11.8. The Labute approximate surface area is 154 Å². The van der Waals surface area contributed by atoms with Gasteiger partial charge in [-0.2, -0.15) is 0 Å². The highest BCUT2D eigenvalue weighted by Crippen LogP contribution is 2.16. The summed E-state index contributed by atoms with van der Waals surface area (Å²) in [5, 5.41) is 5.56. The van der Waals surface area contributed by atoms with Gasteiger partial charge in [0.2, 0.25) is 0 Å². The maximum Gasteiger partial charge on any atom is 0.263 e. The van der Waals surface area contributed by atoms with Crippen molar-refractivity contribution in [2.75, 3.05) is 0 Å².